The molecule has 5 heteroatoms. The summed E-state index contributed by atoms with van der Waals surface area (Å²) in [6.45, 7) is 3.02. The van der Waals surface area contributed by atoms with E-state index in [0.717, 1.165) is 18.0 Å². The van der Waals surface area contributed by atoms with Crippen molar-refractivity contribution in [1.82, 2.24) is 0 Å². The molecule has 0 aliphatic carbocycles. The van der Waals surface area contributed by atoms with E-state index in [1.54, 1.807) is 7.11 Å². The molecule has 1 aliphatic heterocycles. The van der Waals surface area contributed by atoms with Gasteiger partial charge in [0.25, 0.3) is 0 Å². The first kappa shape index (κ1) is 14.1. The second-order valence-electron chi connectivity index (χ2n) is 4.96. The third kappa shape index (κ3) is 4.06. The van der Waals surface area contributed by atoms with Crippen LogP contribution in [0.3, 0.4) is 0 Å². The van der Waals surface area contributed by atoms with Gasteiger partial charge in [-0.3, -0.25) is 4.99 Å². The van der Waals surface area contributed by atoms with Crippen LogP contribution in [0, 0.1) is 0 Å². The molecule has 1 unspecified atom stereocenters. The summed E-state index contributed by atoms with van der Waals surface area (Å²) in [5.74, 6) is 2.49. The molecule has 0 amide bonds. The molecule has 0 saturated carbocycles. The molecule has 4 nitrogen and oxygen atoms in total. The smallest absolute Gasteiger partial charge is 0.193 e. The number of anilines is 1. The number of aliphatic imine (C=N–C) groups is 1. The van der Waals surface area contributed by atoms with E-state index in [4.69, 9.17) is 10.5 Å². The van der Waals surface area contributed by atoms with Crippen molar-refractivity contribution >= 4 is 23.4 Å². The van der Waals surface area contributed by atoms with Gasteiger partial charge in [-0.15, -0.1) is 0 Å². The number of rotatable bonds is 4. The highest BCUT2D eigenvalue weighted by molar-refractivity contribution is 8.00. The molecule has 19 heavy (non-hydrogen) atoms. The number of nitrogens with two attached hydrogens (primary N) is 1. The van der Waals surface area contributed by atoms with Gasteiger partial charge in [0.2, 0.25) is 0 Å². The standard InChI is InChI=1S/C14H21N3OS/c1-14(7-4-8-19-14)10-16-13(15)17-11-5-3-6-12(9-11)18-2/h3,5-6,9H,4,7-8,10H2,1-2H3,(H3,15,16,17). The van der Waals surface area contributed by atoms with Crippen LogP contribution in [0.2, 0.25) is 0 Å². The molecular formula is C14H21N3OS. The molecule has 1 atom stereocenters. The van der Waals surface area contributed by atoms with Gasteiger partial charge >= 0.3 is 0 Å². The van der Waals surface area contributed by atoms with Crippen LogP contribution in [0.4, 0.5) is 5.69 Å². The Balaban J connectivity index is 1.94. The fourth-order valence-electron chi connectivity index (χ4n) is 2.10. The topological polar surface area (TPSA) is 59.6 Å². The lowest BCUT2D eigenvalue weighted by Gasteiger charge is -2.20. The van der Waals surface area contributed by atoms with Gasteiger partial charge in [-0.2, -0.15) is 11.8 Å². The lowest BCUT2D eigenvalue weighted by Crippen LogP contribution is -2.27. The van der Waals surface area contributed by atoms with E-state index < -0.39 is 0 Å². The van der Waals surface area contributed by atoms with Crippen LogP contribution in [0.25, 0.3) is 0 Å². The summed E-state index contributed by atoms with van der Waals surface area (Å²) in [7, 11) is 1.65. The van der Waals surface area contributed by atoms with Gasteiger partial charge in [0.1, 0.15) is 5.75 Å². The summed E-state index contributed by atoms with van der Waals surface area (Å²) < 4.78 is 5.42. The van der Waals surface area contributed by atoms with E-state index in [9.17, 15) is 0 Å². The predicted molar refractivity (Wildman–Crippen MR) is 83.2 cm³/mol. The lowest BCUT2D eigenvalue weighted by molar-refractivity contribution is 0.415. The number of ether oxygens (including phenoxy) is 1. The SMILES string of the molecule is COc1cccc(NC(N)=NCC2(C)CCCS2)c1. The fraction of sp³-hybridized carbons (Fsp3) is 0.500. The van der Waals surface area contributed by atoms with Gasteiger partial charge in [0, 0.05) is 16.5 Å². The van der Waals surface area contributed by atoms with Gasteiger partial charge in [0.05, 0.1) is 13.7 Å². The van der Waals surface area contributed by atoms with E-state index in [-0.39, 0.29) is 4.75 Å². The highest BCUT2D eigenvalue weighted by atomic mass is 32.2. The third-order valence-electron chi connectivity index (χ3n) is 3.23. The van der Waals surface area contributed by atoms with E-state index in [2.05, 4.69) is 17.2 Å². The summed E-state index contributed by atoms with van der Waals surface area (Å²) in [6.07, 6.45) is 2.49. The first-order chi connectivity index (χ1) is 9.11. The fourth-order valence-corrected chi connectivity index (χ4v) is 3.33. The summed E-state index contributed by atoms with van der Waals surface area (Å²) in [6, 6.07) is 7.66. The Kier molecular flexibility index (Phi) is 4.58. The third-order valence-corrected chi connectivity index (χ3v) is 4.75. The maximum absolute atomic E-state index is 5.92. The van der Waals surface area contributed by atoms with Crippen molar-refractivity contribution in [2.24, 2.45) is 10.7 Å². The normalized spacial score (nSPS) is 23.4. The summed E-state index contributed by atoms with van der Waals surface area (Å²) in [4.78, 5) is 4.45. The molecule has 3 N–H and O–H groups in total. The Morgan fingerprint density at radius 3 is 3.11 bits per heavy atom. The van der Waals surface area contributed by atoms with Crippen LogP contribution in [-0.2, 0) is 0 Å². The highest BCUT2D eigenvalue weighted by Crippen LogP contribution is 2.37. The quantitative estimate of drug-likeness (QED) is 0.657. The number of hydrogen-bond donors (Lipinski definition) is 2. The summed E-state index contributed by atoms with van der Waals surface area (Å²) in [5, 5.41) is 3.10. The molecule has 0 bridgehead atoms. The molecule has 1 aromatic rings. The van der Waals surface area contributed by atoms with Gasteiger partial charge in [-0.05, 0) is 37.7 Å². The number of methoxy groups -OCH3 is 1. The Hall–Kier alpha value is -1.36. The first-order valence-corrected chi connectivity index (χ1v) is 7.45. The van der Waals surface area contributed by atoms with Crippen molar-refractivity contribution < 1.29 is 4.74 Å². The van der Waals surface area contributed by atoms with E-state index >= 15 is 0 Å². The first-order valence-electron chi connectivity index (χ1n) is 6.46. The van der Waals surface area contributed by atoms with Crippen molar-refractivity contribution in [3.63, 3.8) is 0 Å². The molecule has 1 heterocycles. The molecule has 1 fully saturated rings. The molecule has 104 valence electrons. The largest absolute Gasteiger partial charge is 0.497 e. The van der Waals surface area contributed by atoms with Crippen LogP contribution in [0.5, 0.6) is 5.75 Å². The Bertz CT molecular complexity index is 456. The molecule has 1 aliphatic rings. The van der Waals surface area contributed by atoms with Gasteiger partial charge in [0.15, 0.2) is 5.96 Å². The lowest BCUT2D eigenvalue weighted by atomic mass is 10.1. The molecule has 0 spiro atoms. The Labute approximate surface area is 118 Å². The van der Waals surface area contributed by atoms with E-state index in [1.807, 2.05) is 36.0 Å². The maximum atomic E-state index is 5.92. The molecular weight excluding hydrogens is 258 g/mol. The van der Waals surface area contributed by atoms with Crippen LogP contribution in [-0.4, -0.2) is 30.1 Å². The molecule has 1 saturated heterocycles. The highest BCUT2D eigenvalue weighted by Gasteiger charge is 2.28. The van der Waals surface area contributed by atoms with Gasteiger partial charge < -0.3 is 15.8 Å². The van der Waals surface area contributed by atoms with Crippen molar-refractivity contribution in [1.29, 1.82) is 0 Å². The number of thioether (sulfide) groups is 1. The van der Waals surface area contributed by atoms with Crippen molar-refractivity contribution in [3.05, 3.63) is 24.3 Å². The number of benzene rings is 1. The van der Waals surface area contributed by atoms with Crippen LogP contribution >= 0.6 is 11.8 Å². The minimum atomic E-state index is 0.251. The number of nitrogens with one attached hydrogen (secondary N) is 1. The second kappa shape index (κ2) is 6.19. The summed E-state index contributed by atoms with van der Waals surface area (Å²) >= 11 is 1.99. The summed E-state index contributed by atoms with van der Waals surface area (Å²) in [5.41, 5.74) is 6.82. The number of nitrogens with zero attached hydrogens (tertiary/aromatic N) is 1. The van der Waals surface area contributed by atoms with Gasteiger partial charge in [-0.25, -0.2) is 0 Å². The van der Waals surface area contributed by atoms with E-state index in [1.165, 1.54) is 18.6 Å². The Morgan fingerprint density at radius 1 is 1.58 bits per heavy atom. The molecule has 1 aromatic carbocycles. The molecule has 0 aromatic heterocycles. The second-order valence-corrected chi connectivity index (χ2v) is 6.64. The predicted octanol–water partition coefficient (Wildman–Crippen LogP) is 2.71. The monoisotopic (exact) mass is 279 g/mol. The zero-order valence-corrected chi connectivity index (χ0v) is 12.3. The zero-order chi connectivity index (χ0) is 13.7. The molecule has 2 rings (SSSR count). The average Bonchev–Trinajstić information content (AvgIpc) is 2.84. The average molecular weight is 279 g/mol. The minimum Gasteiger partial charge on any atom is -0.497 e. The number of hydrogen-bond acceptors (Lipinski definition) is 3. The zero-order valence-electron chi connectivity index (χ0n) is 11.5. The molecule has 0 radical (unpaired) electrons. The van der Waals surface area contributed by atoms with Crippen LogP contribution in [0.1, 0.15) is 19.8 Å². The minimum absolute atomic E-state index is 0.251. The maximum Gasteiger partial charge on any atom is 0.193 e. The van der Waals surface area contributed by atoms with Crippen LogP contribution in [0.15, 0.2) is 29.3 Å². The van der Waals surface area contributed by atoms with E-state index in [0.29, 0.717) is 5.96 Å². The van der Waals surface area contributed by atoms with Crippen molar-refractivity contribution in [2.75, 3.05) is 24.7 Å². The van der Waals surface area contributed by atoms with Crippen molar-refractivity contribution in [2.45, 2.75) is 24.5 Å². The Morgan fingerprint density at radius 2 is 2.42 bits per heavy atom. The van der Waals surface area contributed by atoms with Crippen LogP contribution < -0.4 is 15.8 Å². The van der Waals surface area contributed by atoms with Crippen molar-refractivity contribution in [3.8, 4) is 5.75 Å². The number of guanidine groups is 1. The van der Waals surface area contributed by atoms with Gasteiger partial charge in [-0.1, -0.05) is 6.07 Å².